The molecule has 2 N–H and O–H groups in total. The largest absolute Gasteiger partial charge is 0.504 e. The van der Waals surface area contributed by atoms with Crippen LogP contribution in [0.3, 0.4) is 0 Å². The Morgan fingerprint density at radius 1 is 0.909 bits per heavy atom. The van der Waals surface area contributed by atoms with Gasteiger partial charge >= 0.3 is 5.97 Å². The number of hydroxylamine groups is 1. The first-order valence-corrected chi connectivity index (χ1v) is 12.1. The molecule has 1 aromatic carbocycles. The maximum atomic E-state index is 11.8. The number of methoxy groups -OCH3 is 1. The van der Waals surface area contributed by atoms with E-state index in [1.165, 1.54) is 32.8 Å². The second kappa shape index (κ2) is 19.9. The molecule has 0 saturated heterocycles. The van der Waals surface area contributed by atoms with Crippen molar-refractivity contribution in [3.63, 3.8) is 0 Å². The van der Waals surface area contributed by atoms with E-state index < -0.39 is 0 Å². The zero-order chi connectivity index (χ0) is 24.0. The van der Waals surface area contributed by atoms with Gasteiger partial charge in [0.05, 0.1) is 13.7 Å². The van der Waals surface area contributed by atoms with Gasteiger partial charge in [-0.15, -0.1) is 5.48 Å². The maximum Gasteiger partial charge on any atom is 0.324 e. The van der Waals surface area contributed by atoms with Crippen LogP contribution in [0.25, 0.3) is 0 Å². The lowest BCUT2D eigenvalue weighted by Gasteiger charge is -2.08. The van der Waals surface area contributed by atoms with E-state index in [9.17, 15) is 9.90 Å². The van der Waals surface area contributed by atoms with Crippen LogP contribution in [0, 0.1) is 0 Å². The average Bonchev–Trinajstić information content (AvgIpc) is 2.82. The van der Waals surface area contributed by atoms with Gasteiger partial charge in [-0.05, 0) is 62.6 Å². The lowest BCUT2D eigenvalue weighted by molar-refractivity contribution is -0.151. The number of nitrogens with one attached hydrogen (secondary N) is 1. The third-order valence-electron chi connectivity index (χ3n) is 4.92. The molecule has 33 heavy (non-hydrogen) atoms. The van der Waals surface area contributed by atoms with Crippen LogP contribution in [-0.4, -0.2) is 18.2 Å². The van der Waals surface area contributed by atoms with E-state index >= 15 is 0 Å². The molecule has 0 radical (unpaired) electrons. The molecular formula is C28H41NO4. The van der Waals surface area contributed by atoms with Gasteiger partial charge in [0.15, 0.2) is 11.5 Å². The Labute approximate surface area is 199 Å². The van der Waals surface area contributed by atoms with Gasteiger partial charge in [0.2, 0.25) is 0 Å². The van der Waals surface area contributed by atoms with Crippen molar-refractivity contribution < 1.29 is 19.5 Å². The maximum absolute atomic E-state index is 11.8. The van der Waals surface area contributed by atoms with E-state index in [1.807, 2.05) is 0 Å². The van der Waals surface area contributed by atoms with Crippen molar-refractivity contribution >= 4 is 5.97 Å². The van der Waals surface area contributed by atoms with E-state index in [0.29, 0.717) is 18.7 Å². The van der Waals surface area contributed by atoms with Crippen LogP contribution in [0.1, 0.15) is 76.7 Å². The molecule has 0 fully saturated rings. The number of phenolic OH excluding ortho intramolecular Hbond substituents is 1. The van der Waals surface area contributed by atoms with Crippen LogP contribution in [0.2, 0.25) is 0 Å². The number of unbranched alkanes of at least 4 members (excludes halogenated alkanes) is 4. The lowest BCUT2D eigenvalue weighted by atomic mass is 10.2. The zero-order valence-corrected chi connectivity index (χ0v) is 20.3. The molecule has 0 aromatic heterocycles. The number of benzene rings is 1. The molecule has 1 aromatic rings. The van der Waals surface area contributed by atoms with Crippen LogP contribution >= 0.6 is 0 Å². The highest BCUT2D eigenvalue weighted by molar-refractivity contribution is 5.68. The monoisotopic (exact) mass is 455 g/mol. The molecule has 0 saturated carbocycles. The van der Waals surface area contributed by atoms with Crippen LogP contribution < -0.4 is 10.2 Å². The van der Waals surface area contributed by atoms with Gasteiger partial charge in [0.25, 0.3) is 0 Å². The minimum Gasteiger partial charge on any atom is -0.504 e. The van der Waals surface area contributed by atoms with Crippen molar-refractivity contribution in [1.82, 2.24) is 5.48 Å². The second-order valence-corrected chi connectivity index (χ2v) is 7.78. The van der Waals surface area contributed by atoms with E-state index in [-0.39, 0.29) is 11.7 Å². The first-order chi connectivity index (χ1) is 16.2. The normalized spacial score (nSPS) is 11.9. The highest BCUT2D eigenvalue weighted by atomic mass is 16.7. The third-order valence-corrected chi connectivity index (χ3v) is 4.92. The van der Waals surface area contributed by atoms with Gasteiger partial charge in [-0.2, -0.15) is 0 Å². The number of allylic oxidation sites excluding steroid dienone is 8. The Kier molecular flexibility index (Phi) is 17.0. The highest BCUT2D eigenvalue weighted by Gasteiger charge is 2.05. The van der Waals surface area contributed by atoms with Crippen LogP contribution in [0.5, 0.6) is 11.5 Å². The van der Waals surface area contributed by atoms with Crippen molar-refractivity contribution in [2.24, 2.45) is 0 Å². The quantitative estimate of drug-likeness (QED) is 0.140. The molecule has 5 nitrogen and oxygen atoms in total. The number of carbonyl (C=O) groups is 1. The smallest absolute Gasteiger partial charge is 0.324 e. The second-order valence-electron chi connectivity index (χ2n) is 7.78. The number of ether oxygens (including phenoxy) is 1. The van der Waals surface area contributed by atoms with Gasteiger partial charge in [0, 0.05) is 6.42 Å². The Morgan fingerprint density at radius 2 is 1.52 bits per heavy atom. The van der Waals surface area contributed by atoms with Gasteiger partial charge in [0.1, 0.15) is 0 Å². The minimum absolute atomic E-state index is 0.0788. The number of phenols is 1. The Hall–Kier alpha value is -2.79. The number of rotatable bonds is 18. The fourth-order valence-electron chi connectivity index (χ4n) is 3.01. The molecule has 0 atom stereocenters. The Morgan fingerprint density at radius 3 is 2.12 bits per heavy atom. The molecule has 5 heteroatoms. The molecule has 0 aliphatic rings. The molecule has 0 bridgehead atoms. The third kappa shape index (κ3) is 15.6. The number of carbonyl (C=O) groups excluding carboxylic acids is 1. The molecular weight excluding hydrogens is 414 g/mol. The molecule has 0 aliphatic carbocycles. The zero-order valence-electron chi connectivity index (χ0n) is 20.3. The first kappa shape index (κ1) is 28.2. The van der Waals surface area contributed by atoms with Gasteiger partial charge in [-0.25, -0.2) is 0 Å². The van der Waals surface area contributed by atoms with Crippen LogP contribution in [0.4, 0.5) is 0 Å². The summed E-state index contributed by atoms with van der Waals surface area (Å²) >= 11 is 0. The lowest BCUT2D eigenvalue weighted by Crippen LogP contribution is -2.19. The fourth-order valence-corrected chi connectivity index (χ4v) is 3.01. The van der Waals surface area contributed by atoms with Crippen molar-refractivity contribution in [2.45, 2.75) is 77.7 Å². The van der Waals surface area contributed by atoms with Crippen molar-refractivity contribution in [2.75, 3.05) is 7.11 Å². The molecule has 0 aliphatic heterocycles. The van der Waals surface area contributed by atoms with E-state index in [2.05, 4.69) is 61.0 Å². The molecule has 0 spiro atoms. The summed E-state index contributed by atoms with van der Waals surface area (Å²) in [6.07, 6.45) is 27.5. The standard InChI is InChI=1S/C28H41NO4/c1-3-4-5-6-7-8-9-10-11-12-13-14-15-16-17-18-19-20-28(31)33-29-24-25-21-22-26(30)27(23-25)32-2/h7-8,10-11,13-14,16-17,21-23,29-30H,3-6,9,12,15,18-20,24H2,1-2H3. The Balaban J connectivity index is 2.00. The first-order valence-electron chi connectivity index (χ1n) is 12.1. The summed E-state index contributed by atoms with van der Waals surface area (Å²) in [4.78, 5) is 16.8. The summed E-state index contributed by atoms with van der Waals surface area (Å²) in [5.41, 5.74) is 3.50. The number of aromatic hydroxyl groups is 1. The van der Waals surface area contributed by atoms with Gasteiger partial charge in [-0.3, -0.25) is 4.79 Å². The minimum atomic E-state index is -0.281. The van der Waals surface area contributed by atoms with E-state index in [1.54, 1.807) is 18.2 Å². The van der Waals surface area contributed by atoms with Gasteiger partial charge < -0.3 is 14.7 Å². The molecule has 0 unspecified atom stereocenters. The molecule has 182 valence electrons. The topological polar surface area (TPSA) is 67.8 Å². The van der Waals surface area contributed by atoms with Crippen molar-refractivity contribution in [3.05, 3.63) is 72.4 Å². The van der Waals surface area contributed by atoms with Crippen LogP contribution in [0.15, 0.2) is 66.8 Å². The van der Waals surface area contributed by atoms with Gasteiger partial charge in [-0.1, -0.05) is 74.4 Å². The molecule has 0 amide bonds. The molecule has 1 rings (SSSR count). The average molecular weight is 456 g/mol. The van der Waals surface area contributed by atoms with Crippen LogP contribution in [-0.2, 0) is 16.2 Å². The Bertz CT molecular complexity index is 765. The predicted octanol–water partition coefficient (Wildman–Crippen LogP) is 7.09. The van der Waals surface area contributed by atoms with Crippen molar-refractivity contribution in [1.29, 1.82) is 0 Å². The summed E-state index contributed by atoms with van der Waals surface area (Å²) in [5, 5.41) is 9.58. The van der Waals surface area contributed by atoms with E-state index in [0.717, 1.165) is 37.7 Å². The predicted molar refractivity (Wildman–Crippen MR) is 136 cm³/mol. The summed E-state index contributed by atoms with van der Waals surface area (Å²) in [6, 6.07) is 4.98. The summed E-state index contributed by atoms with van der Waals surface area (Å²) in [6.45, 7) is 2.58. The summed E-state index contributed by atoms with van der Waals surface area (Å²) < 4.78 is 5.05. The SMILES string of the molecule is CCCCCC=CCC=CCC=CCC=CCCCC(=O)ONCc1ccc(O)c(OC)c1. The highest BCUT2D eigenvalue weighted by Crippen LogP contribution is 2.26. The number of hydrogen-bond acceptors (Lipinski definition) is 5. The summed E-state index contributed by atoms with van der Waals surface area (Å²) in [5.74, 6) is 0.186. The molecule has 0 heterocycles. The summed E-state index contributed by atoms with van der Waals surface area (Å²) in [7, 11) is 1.49. The number of hydrogen-bond donors (Lipinski definition) is 2. The van der Waals surface area contributed by atoms with Crippen molar-refractivity contribution in [3.8, 4) is 11.5 Å². The van der Waals surface area contributed by atoms with E-state index in [4.69, 9.17) is 9.57 Å². The fraction of sp³-hybridized carbons (Fsp3) is 0.464.